The topological polar surface area (TPSA) is 12.9 Å². The number of hydrogen-bond acceptors (Lipinski definition) is 1. The normalized spacial score (nSPS) is 10.3. The largest absolute Gasteiger partial charge is 0.261 e. The molecule has 0 bridgehead atoms. The molecule has 2 rings (SSSR count). The van der Waals surface area contributed by atoms with Gasteiger partial charge in [-0.3, -0.25) is 4.98 Å². The fourth-order valence-corrected chi connectivity index (χ4v) is 1.63. The summed E-state index contributed by atoms with van der Waals surface area (Å²) in [4.78, 5) is 4.37. The molecule has 0 N–H and O–H groups in total. The van der Waals surface area contributed by atoms with E-state index in [1.165, 1.54) is 16.7 Å². The van der Waals surface area contributed by atoms with Crippen LogP contribution in [-0.2, 0) is 6.42 Å². The van der Waals surface area contributed by atoms with Gasteiger partial charge in [-0.15, -0.1) is 0 Å². The van der Waals surface area contributed by atoms with Crippen LogP contribution in [0, 0.1) is 13.8 Å². The number of hydrogen-bond donors (Lipinski definition) is 0. The highest BCUT2D eigenvalue weighted by Crippen LogP contribution is 2.11. The smallest absolute Gasteiger partial charge is 0.0401 e. The average Bonchev–Trinajstić information content (AvgIpc) is 2.25. The Hall–Kier alpha value is -1.63. The van der Waals surface area contributed by atoms with Gasteiger partial charge in [-0.2, -0.15) is 0 Å². The molecule has 0 spiro atoms. The Morgan fingerprint density at radius 3 is 2.40 bits per heavy atom. The molecular weight excluding hydrogens is 182 g/mol. The predicted octanol–water partition coefficient (Wildman–Crippen LogP) is 3.29. The number of nitrogens with zero attached hydrogens (tertiary/aromatic N) is 1. The molecule has 0 atom stereocenters. The minimum absolute atomic E-state index is 0.967. The Morgan fingerprint density at radius 1 is 1.00 bits per heavy atom. The summed E-state index contributed by atoms with van der Waals surface area (Å²) in [5, 5.41) is 0. The van der Waals surface area contributed by atoms with E-state index in [4.69, 9.17) is 0 Å². The summed E-state index contributed by atoms with van der Waals surface area (Å²) < 4.78 is 0. The van der Waals surface area contributed by atoms with Gasteiger partial charge in [0.25, 0.3) is 0 Å². The molecule has 0 fully saturated rings. The zero-order valence-electron chi connectivity index (χ0n) is 9.20. The Bertz CT molecular complexity index is 446. The van der Waals surface area contributed by atoms with Crippen molar-refractivity contribution < 1.29 is 0 Å². The van der Waals surface area contributed by atoms with Crippen LogP contribution >= 0.6 is 0 Å². The molecule has 2 aromatic rings. The maximum Gasteiger partial charge on any atom is 0.0401 e. The van der Waals surface area contributed by atoms with Crippen LogP contribution < -0.4 is 0 Å². The summed E-state index contributed by atoms with van der Waals surface area (Å²) in [6, 6.07) is 12.7. The number of aryl methyl sites for hydroxylation is 2. The quantitative estimate of drug-likeness (QED) is 0.720. The molecule has 1 heterocycles. The number of rotatable bonds is 2. The van der Waals surface area contributed by atoms with Gasteiger partial charge in [0.1, 0.15) is 0 Å². The molecule has 0 saturated carbocycles. The van der Waals surface area contributed by atoms with Crippen molar-refractivity contribution in [2.45, 2.75) is 20.3 Å². The van der Waals surface area contributed by atoms with E-state index in [0.717, 1.165) is 12.1 Å². The van der Waals surface area contributed by atoms with Gasteiger partial charge < -0.3 is 0 Å². The van der Waals surface area contributed by atoms with Crippen LogP contribution in [-0.4, -0.2) is 4.98 Å². The van der Waals surface area contributed by atoms with Crippen LogP contribution in [0.25, 0.3) is 0 Å². The van der Waals surface area contributed by atoms with E-state index in [1.807, 2.05) is 19.2 Å². The Morgan fingerprint density at radius 2 is 1.73 bits per heavy atom. The van der Waals surface area contributed by atoms with Crippen LogP contribution in [0.1, 0.15) is 22.4 Å². The van der Waals surface area contributed by atoms with Gasteiger partial charge in [-0.1, -0.05) is 36.4 Å². The van der Waals surface area contributed by atoms with Crippen LogP contribution in [0.5, 0.6) is 0 Å². The van der Waals surface area contributed by atoms with Crippen molar-refractivity contribution >= 4 is 0 Å². The molecule has 1 nitrogen and oxygen atoms in total. The van der Waals surface area contributed by atoms with Crippen molar-refractivity contribution in [3.63, 3.8) is 0 Å². The molecule has 0 unspecified atom stereocenters. The molecule has 1 heteroatoms. The number of pyridine rings is 1. The molecule has 0 aliphatic heterocycles. The van der Waals surface area contributed by atoms with Gasteiger partial charge in [0.15, 0.2) is 0 Å². The van der Waals surface area contributed by atoms with Crippen LogP contribution in [0.15, 0.2) is 42.6 Å². The van der Waals surface area contributed by atoms with Gasteiger partial charge in [-0.05, 0) is 37.0 Å². The monoisotopic (exact) mass is 197 g/mol. The fraction of sp³-hybridized carbons (Fsp3) is 0.214. The Labute approximate surface area is 90.8 Å². The van der Waals surface area contributed by atoms with Crippen molar-refractivity contribution in [2.24, 2.45) is 0 Å². The lowest BCUT2D eigenvalue weighted by Crippen LogP contribution is -1.93. The van der Waals surface area contributed by atoms with Crippen molar-refractivity contribution in [1.29, 1.82) is 0 Å². The summed E-state index contributed by atoms with van der Waals surface area (Å²) >= 11 is 0. The molecule has 0 amide bonds. The fourth-order valence-electron chi connectivity index (χ4n) is 1.63. The zero-order valence-corrected chi connectivity index (χ0v) is 9.20. The van der Waals surface area contributed by atoms with Crippen LogP contribution in [0.3, 0.4) is 0 Å². The molecule has 76 valence electrons. The lowest BCUT2D eigenvalue weighted by atomic mass is 10.0. The van der Waals surface area contributed by atoms with Gasteiger partial charge >= 0.3 is 0 Å². The predicted molar refractivity (Wildman–Crippen MR) is 63.0 cm³/mol. The zero-order chi connectivity index (χ0) is 10.7. The third kappa shape index (κ3) is 2.44. The van der Waals surface area contributed by atoms with E-state index in [1.54, 1.807) is 0 Å². The summed E-state index contributed by atoms with van der Waals surface area (Å²) in [6.07, 6.45) is 2.93. The van der Waals surface area contributed by atoms with Gasteiger partial charge in [0.2, 0.25) is 0 Å². The summed E-state index contributed by atoms with van der Waals surface area (Å²) in [5.41, 5.74) is 5.00. The maximum absolute atomic E-state index is 4.37. The van der Waals surface area contributed by atoms with E-state index < -0.39 is 0 Å². The minimum atomic E-state index is 0.967. The lowest BCUT2D eigenvalue weighted by molar-refractivity contribution is 1.08. The second-order valence-corrected chi connectivity index (χ2v) is 3.91. The first-order chi connectivity index (χ1) is 7.25. The third-order valence-corrected chi connectivity index (χ3v) is 2.65. The minimum Gasteiger partial charge on any atom is -0.261 e. The molecule has 1 aromatic heterocycles. The lowest BCUT2D eigenvalue weighted by Gasteiger charge is -2.04. The van der Waals surface area contributed by atoms with Crippen LogP contribution in [0.4, 0.5) is 0 Å². The Kier molecular flexibility index (Phi) is 2.82. The number of benzene rings is 1. The van der Waals surface area contributed by atoms with Crippen molar-refractivity contribution in [3.8, 4) is 0 Å². The van der Waals surface area contributed by atoms with Crippen molar-refractivity contribution in [2.75, 3.05) is 0 Å². The van der Waals surface area contributed by atoms with E-state index in [9.17, 15) is 0 Å². The first-order valence-electron chi connectivity index (χ1n) is 5.22. The van der Waals surface area contributed by atoms with Crippen molar-refractivity contribution in [3.05, 3.63) is 65.0 Å². The molecule has 15 heavy (non-hydrogen) atoms. The number of aromatic nitrogens is 1. The molecule has 0 aliphatic carbocycles. The molecule has 0 aliphatic rings. The van der Waals surface area contributed by atoms with Crippen molar-refractivity contribution in [1.82, 2.24) is 4.98 Å². The molecule has 1 aromatic carbocycles. The summed E-state index contributed by atoms with van der Waals surface area (Å²) in [6.45, 7) is 4.15. The van der Waals surface area contributed by atoms with Crippen LogP contribution in [0.2, 0.25) is 0 Å². The molecule has 0 saturated heterocycles. The van der Waals surface area contributed by atoms with E-state index in [0.29, 0.717) is 0 Å². The first kappa shape index (κ1) is 9.91. The molecular formula is C14H15N. The van der Waals surface area contributed by atoms with E-state index in [2.05, 4.69) is 42.2 Å². The average molecular weight is 197 g/mol. The third-order valence-electron chi connectivity index (χ3n) is 2.65. The summed E-state index contributed by atoms with van der Waals surface area (Å²) in [7, 11) is 0. The maximum atomic E-state index is 4.37. The standard InChI is InChI=1S/C14H15N/c1-11-8-14(10-15-12(11)2)9-13-6-4-3-5-7-13/h3-8,10H,9H2,1-2H3. The Balaban J connectivity index is 2.22. The van der Waals surface area contributed by atoms with Gasteiger partial charge in [0, 0.05) is 11.9 Å². The highest BCUT2D eigenvalue weighted by Gasteiger charge is 1.98. The second-order valence-electron chi connectivity index (χ2n) is 3.91. The van der Waals surface area contributed by atoms with E-state index in [-0.39, 0.29) is 0 Å². The van der Waals surface area contributed by atoms with Gasteiger partial charge in [0.05, 0.1) is 0 Å². The van der Waals surface area contributed by atoms with E-state index >= 15 is 0 Å². The SMILES string of the molecule is Cc1cc(Cc2ccccc2)cnc1C. The molecule has 0 radical (unpaired) electrons. The first-order valence-corrected chi connectivity index (χ1v) is 5.22. The highest BCUT2D eigenvalue weighted by atomic mass is 14.7. The van der Waals surface area contributed by atoms with Gasteiger partial charge in [-0.25, -0.2) is 0 Å². The second kappa shape index (κ2) is 4.26. The summed E-state index contributed by atoms with van der Waals surface area (Å²) in [5.74, 6) is 0. The highest BCUT2D eigenvalue weighted by molar-refractivity contribution is 5.28.